The Morgan fingerprint density at radius 2 is 1.82 bits per heavy atom. The van der Waals surface area contributed by atoms with Gasteiger partial charge in [0.25, 0.3) is 15.8 Å². The minimum absolute atomic E-state index is 0.0510. The highest BCUT2D eigenvalue weighted by Gasteiger charge is 2.22. The van der Waals surface area contributed by atoms with Crippen LogP contribution in [0.25, 0.3) is 11.1 Å². The second-order valence-corrected chi connectivity index (χ2v) is 6.22. The number of benzene rings is 2. The number of non-ortho nitro benzene ring substituents is 1. The van der Waals surface area contributed by atoms with Crippen molar-refractivity contribution in [2.24, 2.45) is 0 Å². The zero-order valence-corrected chi connectivity index (χ0v) is 12.6. The van der Waals surface area contributed by atoms with Crippen LogP contribution in [0.15, 0.2) is 41.3 Å². The third kappa shape index (κ3) is 2.97. The highest BCUT2D eigenvalue weighted by atomic mass is 32.2. The SMILES string of the molecule is COS(=O)(=O)c1ccc(C)cc1-c1ccc([N+](=O)[O-])cc1F. The molecule has 0 atom stereocenters. The highest BCUT2D eigenvalue weighted by molar-refractivity contribution is 7.86. The second-order valence-electron chi connectivity index (χ2n) is 4.54. The molecule has 2 aromatic carbocycles. The van der Waals surface area contributed by atoms with Gasteiger partial charge in [-0.1, -0.05) is 11.6 Å². The summed E-state index contributed by atoms with van der Waals surface area (Å²) in [6, 6.07) is 7.39. The van der Waals surface area contributed by atoms with Gasteiger partial charge in [0.1, 0.15) is 10.7 Å². The molecule has 0 saturated carbocycles. The molecule has 0 amide bonds. The maximum Gasteiger partial charge on any atom is 0.297 e. The smallest absolute Gasteiger partial charge is 0.270 e. The molecule has 2 aromatic rings. The van der Waals surface area contributed by atoms with E-state index in [1.807, 2.05) is 0 Å². The van der Waals surface area contributed by atoms with Crippen molar-refractivity contribution in [3.63, 3.8) is 0 Å². The summed E-state index contributed by atoms with van der Waals surface area (Å²) in [6.45, 7) is 1.72. The molecule has 0 fully saturated rings. The van der Waals surface area contributed by atoms with Crippen LogP contribution in [0.5, 0.6) is 0 Å². The summed E-state index contributed by atoms with van der Waals surface area (Å²) >= 11 is 0. The minimum atomic E-state index is -4.04. The molecule has 6 nitrogen and oxygen atoms in total. The summed E-state index contributed by atoms with van der Waals surface area (Å²) in [5.41, 5.74) is 0.340. The number of nitro groups is 1. The van der Waals surface area contributed by atoms with Gasteiger partial charge in [0.15, 0.2) is 0 Å². The number of rotatable bonds is 4. The van der Waals surface area contributed by atoms with Crippen molar-refractivity contribution in [1.29, 1.82) is 0 Å². The molecule has 0 aliphatic carbocycles. The third-order valence-corrected chi connectivity index (χ3v) is 4.41. The van der Waals surface area contributed by atoms with Gasteiger partial charge in [0, 0.05) is 17.2 Å². The molecule has 0 unspecified atom stereocenters. The fourth-order valence-electron chi connectivity index (χ4n) is 2.00. The fourth-order valence-corrected chi connectivity index (χ4v) is 2.85. The van der Waals surface area contributed by atoms with Crippen molar-refractivity contribution in [3.05, 3.63) is 57.9 Å². The topological polar surface area (TPSA) is 86.5 Å². The number of hydrogen-bond acceptors (Lipinski definition) is 5. The molecule has 8 heteroatoms. The first-order valence-electron chi connectivity index (χ1n) is 6.12. The predicted molar refractivity (Wildman–Crippen MR) is 77.4 cm³/mol. The van der Waals surface area contributed by atoms with Crippen LogP contribution in [-0.4, -0.2) is 20.5 Å². The van der Waals surface area contributed by atoms with Gasteiger partial charge in [-0.2, -0.15) is 8.42 Å². The number of nitro benzene ring substituents is 1. The van der Waals surface area contributed by atoms with Gasteiger partial charge in [0.2, 0.25) is 0 Å². The maximum atomic E-state index is 14.2. The van der Waals surface area contributed by atoms with Crippen LogP contribution in [0, 0.1) is 22.9 Å². The second kappa shape index (κ2) is 5.82. The molecule has 0 radical (unpaired) electrons. The Labute approximate surface area is 126 Å². The lowest BCUT2D eigenvalue weighted by atomic mass is 10.0. The molecule has 22 heavy (non-hydrogen) atoms. The Morgan fingerprint density at radius 3 is 2.36 bits per heavy atom. The summed E-state index contributed by atoms with van der Waals surface area (Å²) in [5, 5.41) is 10.7. The van der Waals surface area contributed by atoms with Gasteiger partial charge < -0.3 is 0 Å². The van der Waals surface area contributed by atoms with Crippen LogP contribution in [0.1, 0.15) is 5.56 Å². The molecule has 2 rings (SSSR count). The average molecular weight is 325 g/mol. The first-order valence-corrected chi connectivity index (χ1v) is 7.52. The highest BCUT2D eigenvalue weighted by Crippen LogP contribution is 2.32. The number of hydrogen-bond donors (Lipinski definition) is 0. The van der Waals surface area contributed by atoms with Gasteiger partial charge >= 0.3 is 0 Å². The van der Waals surface area contributed by atoms with E-state index in [-0.39, 0.29) is 16.0 Å². The van der Waals surface area contributed by atoms with Crippen molar-refractivity contribution in [1.82, 2.24) is 0 Å². The molecule has 116 valence electrons. The lowest BCUT2D eigenvalue weighted by Gasteiger charge is -2.11. The van der Waals surface area contributed by atoms with E-state index >= 15 is 0 Å². The molecular weight excluding hydrogens is 313 g/mol. The summed E-state index contributed by atoms with van der Waals surface area (Å²) in [4.78, 5) is 9.72. The average Bonchev–Trinajstić information content (AvgIpc) is 2.46. The van der Waals surface area contributed by atoms with Crippen molar-refractivity contribution < 1.29 is 21.9 Å². The Hall–Kier alpha value is -2.32. The van der Waals surface area contributed by atoms with Crippen LogP contribution in [-0.2, 0) is 14.3 Å². The van der Waals surface area contributed by atoms with E-state index in [1.165, 1.54) is 18.2 Å². The lowest BCUT2D eigenvalue weighted by molar-refractivity contribution is -0.385. The molecule has 0 aliphatic heterocycles. The van der Waals surface area contributed by atoms with Crippen molar-refractivity contribution in [3.8, 4) is 11.1 Å². The zero-order chi connectivity index (χ0) is 16.5. The number of nitrogens with zero attached hydrogens (tertiary/aromatic N) is 1. The molecule has 0 aliphatic rings. The van der Waals surface area contributed by atoms with E-state index in [0.717, 1.165) is 19.2 Å². The Morgan fingerprint density at radius 1 is 1.14 bits per heavy atom. The molecule has 0 spiro atoms. The van der Waals surface area contributed by atoms with E-state index in [0.29, 0.717) is 5.56 Å². The van der Waals surface area contributed by atoms with E-state index in [1.54, 1.807) is 13.0 Å². The monoisotopic (exact) mass is 325 g/mol. The van der Waals surface area contributed by atoms with Crippen LogP contribution in [0.4, 0.5) is 10.1 Å². The van der Waals surface area contributed by atoms with Crippen molar-refractivity contribution in [2.75, 3.05) is 7.11 Å². The summed E-state index contributed by atoms with van der Waals surface area (Å²) in [5.74, 6) is -0.882. The van der Waals surface area contributed by atoms with Gasteiger partial charge in [-0.05, 0) is 25.1 Å². The van der Waals surface area contributed by atoms with Gasteiger partial charge in [0.05, 0.1) is 18.1 Å². The minimum Gasteiger partial charge on any atom is -0.270 e. The van der Waals surface area contributed by atoms with Crippen LogP contribution in [0.2, 0.25) is 0 Å². The molecule has 0 saturated heterocycles. The van der Waals surface area contributed by atoms with Gasteiger partial charge in [-0.3, -0.25) is 14.3 Å². The molecule has 0 aromatic heterocycles. The van der Waals surface area contributed by atoms with Crippen LogP contribution >= 0.6 is 0 Å². The molecule has 0 bridgehead atoms. The Bertz CT molecular complexity index is 848. The normalized spacial score (nSPS) is 11.4. The Kier molecular flexibility index (Phi) is 4.25. The fraction of sp³-hybridized carbons (Fsp3) is 0.143. The number of halogens is 1. The summed E-state index contributed by atoms with van der Waals surface area (Å²) in [7, 11) is -3.03. The summed E-state index contributed by atoms with van der Waals surface area (Å²) < 4.78 is 42.5. The maximum absolute atomic E-state index is 14.2. The van der Waals surface area contributed by atoms with E-state index in [9.17, 15) is 22.9 Å². The van der Waals surface area contributed by atoms with E-state index in [2.05, 4.69) is 4.18 Å². The van der Waals surface area contributed by atoms with Crippen LogP contribution in [0.3, 0.4) is 0 Å². The number of aryl methyl sites for hydroxylation is 1. The molecular formula is C14H12FNO5S. The third-order valence-electron chi connectivity index (χ3n) is 3.08. The van der Waals surface area contributed by atoms with Gasteiger partial charge in [-0.25, -0.2) is 4.39 Å². The molecule has 0 heterocycles. The van der Waals surface area contributed by atoms with Crippen molar-refractivity contribution >= 4 is 15.8 Å². The van der Waals surface area contributed by atoms with Crippen molar-refractivity contribution in [2.45, 2.75) is 11.8 Å². The van der Waals surface area contributed by atoms with Gasteiger partial charge in [-0.15, -0.1) is 0 Å². The molecule has 0 N–H and O–H groups in total. The Balaban J connectivity index is 2.72. The first-order chi connectivity index (χ1) is 10.3. The predicted octanol–water partition coefficient (Wildman–Crippen LogP) is 3.04. The lowest BCUT2D eigenvalue weighted by Crippen LogP contribution is -2.05. The van der Waals surface area contributed by atoms with Crippen LogP contribution < -0.4 is 0 Å². The van der Waals surface area contributed by atoms with E-state index in [4.69, 9.17) is 0 Å². The quantitative estimate of drug-likeness (QED) is 0.490. The first kappa shape index (κ1) is 16.1. The zero-order valence-electron chi connectivity index (χ0n) is 11.7. The largest absolute Gasteiger partial charge is 0.297 e. The van der Waals surface area contributed by atoms with E-state index < -0.39 is 26.5 Å². The standard InChI is InChI=1S/C14H12FNO5S/c1-9-3-6-14(22(19,20)21-2)12(7-9)11-5-4-10(16(17)18)8-13(11)15/h3-8H,1-2H3. The summed E-state index contributed by atoms with van der Waals surface area (Å²) in [6.07, 6.45) is 0.